The van der Waals surface area contributed by atoms with Gasteiger partial charge in [-0.15, -0.1) is 5.10 Å². The Morgan fingerprint density at radius 2 is 2.46 bits per heavy atom. The minimum Gasteiger partial charge on any atom is -0.369 e. The van der Waals surface area contributed by atoms with E-state index in [2.05, 4.69) is 15.4 Å². The first-order valence-corrected chi connectivity index (χ1v) is 3.79. The maximum Gasteiger partial charge on any atom is 0.211 e. The zero-order chi connectivity index (χ0) is 9.68. The van der Waals surface area contributed by atoms with Crippen molar-refractivity contribution in [2.45, 2.75) is 13.3 Å². The van der Waals surface area contributed by atoms with Crippen LogP contribution in [-0.2, 0) is 6.42 Å². The number of nitrogens with two attached hydrogens (primary N) is 2. The van der Waals surface area contributed by atoms with Gasteiger partial charge >= 0.3 is 0 Å². The molecule has 0 amide bonds. The van der Waals surface area contributed by atoms with Crippen LogP contribution in [0.3, 0.4) is 0 Å². The van der Waals surface area contributed by atoms with Crippen molar-refractivity contribution in [3.63, 3.8) is 0 Å². The van der Waals surface area contributed by atoms with Crippen LogP contribution in [0.1, 0.15) is 18.2 Å². The Morgan fingerprint density at radius 3 is 3.08 bits per heavy atom. The van der Waals surface area contributed by atoms with Crippen LogP contribution in [0, 0.1) is 0 Å². The van der Waals surface area contributed by atoms with E-state index in [0.717, 1.165) is 17.7 Å². The second kappa shape index (κ2) is 4.24. The second-order valence-corrected chi connectivity index (χ2v) is 2.34. The number of nitrogens with zero attached hydrogens (tertiary/aromatic N) is 3. The lowest BCUT2D eigenvalue weighted by molar-refractivity contribution is 0.412. The topological polar surface area (TPSA) is 103 Å². The molecule has 0 spiro atoms. The molecule has 0 aromatic carbocycles. The average molecular weight is 181 g/mol. The van der Waals surface area contributed by atoms with E-state index in [1.807, 2.05) is 6.92 Å². The highest BCUT2D eigenvalue weighted by Gasteiger charge is 2.01. The maximum atomic E-state index is 5.08. The van der Waals surface area contributed by atoms with Gasteiger partial charge in [0.2, 0.25) is 5.96 Å². The van der Waals surface area contributed by atoms with Crippen LogP contribution in [0.5, 0.6) is 0 Å². The Kier molecular flexibility index (Phi) is 3.02. The normalized spacial score (nSPS) is 10.5. The van der Waals surface area contributed by atoms with E-state index < -0.39 is 0 Å². The van der Waals surface area contributed by atoms with Gasteiger partial charge in [-0.25, -0.2) is 0 Å². The third kappa shape index (κ3) is 2.58. The van der Waals surface area contributed by atoms with E-state index in [-0.39, 0.29) is 5.96 Å². The number of aromatic nitrogens is 1. The number of aryl methyl sites for hydroxylation is 1. The molecule has 4 N–H and O–H groups in total. The zero-order valence-corrected chi connectivity index (χ0v) is 7.27. The van der Waals surface area contributed by atoms with Gasteiger partial charge in [0.05, 0.1) is 17.5 Å². The summed E-state index contributed by atoms with van der Waals surface area (Å²) in [5.41, 5.74) is 11.8. The van der Waals surface area contributed by atoms with E-state index in [0.29, 0.717) is 0 Å². The van der Waals surface area contributed by atoms with Crippen molar-refractivity contribution in [2.75, 3.05) is 0 Å². The predicted octanol–water partition coefficient (Wildman–Crippen LogP) is -0.156. The van der Waals surface area contributed by atoms with Gasteiger partial charge in [0.1, 0.15) is 6.26 Å². The predicted molar refractivity (Wildman–Crippen MR) is 49.3 cm³/mol. The number of guanidine groups is 1. The molecule has 0 bridgehead atoms. The fourth-order valence-corrected chi connectivity index (χ4v) is 0.799. The Hall–Kier alpha value is -1.85. The molecule has 1 rings (SSSR count). The van der Waals surface area contributed by atoms with Crippen molar-refractivity contribution in [3.8, 4) is 0 Å². The van der Waals surface area contributed by atoms with E-state index in [9.17, 15) is 0 Å². The van der Waals surface area contributed by atoms with Gasteiger partial charge in [-0.3, -0.25) is 0 Å². The molecule has 6 nitrogen and oxygen atoms in total. The van der Waals surface area contributed by atoms with Crippen LogP contribution in [0.15, 0.2) is 21.0 Å². The van der Waals surface area contributed by atoms with Gasteiger partial charge in [-0.1, -0.05) is 12.1 Å². The Morgan fingerprint density at radius 1 is 1.69 bits per heavy atom. The van der Waals surface area contributed by atoms with Crippen molar-refractivity contribution >= 4 is 12.2 Å². The van der Waals surface area contributed by atoms with Gasteiger partial charge in [0.25, 0.3) is 0 Å². The molecule has 70 valence electrons. The Balaban J connectivity index is 2.73. The molecule has 0 aliphatic heterocycles. The van der Waals surface area contributed by atoms with Crippen LogP contribution in [0.25, 0.3) is 0 Å². The van der Waals surface area contributed by atoms with Crippen molar-refractivity contribution in [1.29, 1.82) is 0 Å². The quantitative estimate of drug-likeness (QED) is 0.384. The maximum absolute atomic E-state index is 5.08. The van der Waals surface area contributed by atoms with Crippen LogP contribution >= 0.6 is 0 Å². The molecule has 1 aromatic heterocycles. The molecule has 1 aromatic rings. The molecule has 0 unspecified atom stereocenters. The third-order valence-electron chi connectivity index (χ3n) is 1.38. The Bertz CT molecular complexity index is 323. The van der Waals surface area contributed by atoms with E-state index in [4.69, 9.17) is 16.0 Å². The van der Waals surface area contributed by atoms with Gasteiger partial charge in [0.15, 0.2) is 0 Å². The summed E-state index contributed by atoms with van der Waals surface area (Å²) in [6, 6.07) is 0. The highest BCUT2D eigenvalue weighted by Crippen LogP contribution is 2.03. The monoisotopic (exact) mass is 181 g/mol. The van der Waals surface area contributed by atoms with Crippen molar-refractivity contribution < 1.29 is 4.52 Å². The first-order valence-electron chi connectivity index (χ1n) is 3.79. The smallest absolute Gasteiger partial charge is 0.211 e. The summed E-state index contributed by atoms with van der Waals surface area (Å²) in [6.07, 6.45) is 3.76. The summed E-state index contributed by atoms with van der Waals surface area (Å²) in [4.78, 5) is 0. The van der Waals surface area contributed by atoms with Crippen LogP contribution in [0.4, 0.5) is 0 Å². The molecule has 6 heteroatoms. The minimum absolute atomic E-state index is 0.0780. The lowest BCUT2D eigenvalue weighted by Crippen LogP contribution is -2.21. The molecular weight excluding hydrogens is 170 g/mol. The molecule has 0 saturated heterocycles. The highest BCUT2D eigenvalue weighted by atomic mass is 16.5. The van der Waals surface area contributed by atoms with Gasteiger partial charge < -0.3 is 16.0 Å². The summed E-state index contributed by atoms with van der Waals surface area (Å²) >= 11 is 0. The van der Waals surface area contributed by atoms with Crippen molar-refractivity contribution in [2.24, 2.45) is 21.7 Å². The molecule has 13 heavy (non-hydrogen) atoms. The van der Waals surface area contributed by atoms with E-state index in [1.54, 1.807) is 0 Å². The highest BCUT2D eigenvalue weighted by molar-refractivity contribution is 5.82. The summed E-state index contributed by atoms with van der Waals surface area (Å²) in [6.45, 7) is 1.97. The summed E-state index contributed by atoms with van der Waals surface area (Å²) in [7, 11) is 0. The van der Waals surface area contributed by atoms with E-state index in [1.165, 1.54) is 12.5 Å². The molecule has 1 heterocycles. The van der Waals surface area contributed by atoms with Crippen LogP contribution in [0.2, 0.25) is 0 Å². The fraction of sp³-hybridized carbons (Fsp3) is 0.286. The van der Waals surface area contributed by atoms with Gasteiger partial charge in [-0.05, 0) is 6.42 Å². The minimum atomic E-state index is -0.0780. The largest absolute Gasteiger partial charge is 0.369 e. The summed E-state index contributed by atoms with van der Waals surface area (Å²) < 4.78 is 4.74. The SMILES string of the molecule is CCc1nocc1/C=N/N=C(N)N. The van der Waals surface area contributed by atoms with Crippen molar-refractivity contribution in [1.82, 2.24) is 5.16 Å². The first kappa shape index (κ1) is 9.24. The number of hydrogen-bond donors (Lipinski definition) is 2. The van der Waals surface area contributed by atoms with E-state index >= 15 is 0 Å². The summed E-state index contributed by atoms with van der Waals surface area (Å²) in [5.74, 6) is -0.0780. The Labute approximate surface area is 75.3 Å². The standard InChI is InChI=1S/C7H11N5O/c1-2-6-5(4-13-12-6)3-10-11-7(8)9/h3-4H,2H2,1H3,(H4,8,9,11)/b10-3+. The van der Waals surface area contributed by atoms with Gasteiger partial charge in [0, 0.05) is 0 Å². The molecule has 0 radical (unpaired) electrons. The van der Waals surface area contributed by atoms with Gasteiger partial charge in [-0.2, -0.15) is 5.10 Å². The van der Waals surface area contributed by atoms with Crippen molar-refractivity contribution in [3.05, 3.63) is 17.5 Å². The second-order valence-electron chi connectivity index (χ2n) is 2.34. The first-order chi connectivity index (χ1) is 6.24. The van der Waals surface area contributed by atoms with Crippen LogP contribution < -0.4 is 11.5 Å². The number of hydrogen-bond acceptors (Lipinski definition) is 4. The van der Waals surface area contributed by atoms with Crippen LogP contribution in [-0.4, -0.2) is 17.3 Å². The lowest BCUT2D eigenvalue weighted by atomic mass is 10.2. The molecule has 0 atom stereocenters. The molecule has 0 saturated carbocycles. The summed E-state index contributed by atoms with van der Waals surface area (Å²) in [5, 5.41) is 10.8. The lowest BCUT2D eigenvalue weighted by Gasteiger charge is -1.87. The molecule has 0 fully saturated rings. The molecule has 0 aliphatic rings. The molecule has 0 aliphatic carbocycles. The average Bonchev–Trinajstić information content (AvgIpc) is 2.51. The fourth-order valence-electron chi connectivity index (χ4n) is 0.799. The zero-order valence-electron chi connectivity index (χ0n) is 7.27. The molecular formula is C7H11N5O. The third-order valence-corrected chi connectivity index (χ3v) is 1.38. The number of rotatable bonds is 3.